The first-order chi connectivity index (χ1) is 15.4. The van der Waals surface area contributed by atoms with Gasteiger partial charge in [0, 0.05) is 11.8 Å². The highest BCUT2D eigenvalue weighted by Crippen LogP contribution is 2.37. The van der Waals surface area contributed by atoms with Gasteiger partial charge in [0.2, 0.25) is 0 Å². The van der Waals surface area contributed by atoms with Crippen molar-refractivity contribution in [2.75, 3.05) is 5.32 Å². The fourth-order valence-corrected chi connectivity index (χ4v) is 4.56. The molecule has 0 bridgehead atoms. The van der Waals surface area contributed by atoms with Crippen LogP contribution < -0.4 is 11.1 Å². The number of primary amides is 1. The summed E-state index contributed by atoms with van der Waals surface area (Å²) < 4.78 is 16.6. The molecule has 2 atom stereocenters. The average molecular weight is 429 g/mol. The van der Waals surface area contributed by atoms with Gasteiger partial charge in [0.15, 0.2) is 0 Å². The summed E-state index contributed by atoms with van der Waals surface area (Å²) in [6.07, 6.45) is 5.36. The Morgan fingerprint density at radius 2 is 1.75 bits per heavy atom. The predicted molar refractivity (Wildman–Crippen MR) is 125 cm³/mol. The third-order valence-corrected chi connectivity index (χ3v) is 6.43. The Morgan fingerprint density at radius 1 is 1.09 bits per heavy atom. The maximum Gasteiger partial charge on any atom is 0.252 e. The fourth-order valence-electron chi connectivity index (χ4n) is 4.56. The van der Waals surface area contributed by atoms with Crippen molar-refractivity contribution in [1.29, 1.82) is 0 Å². The number of hydrogen-bond donors (Lipinski definition) is 2. The van der Waals surface area contributed by atoms with E-state index in [1.54, 1.807) is 11.4 Å². The number of carbonyl (C=O) groups excluding carboxylic acids is 1. The number of nitrogens with two attached hydrogens (primary N) is 1. The van der Waals surface area contributed by atoms with Gasteiger partial charge in [-0.2, -0.15) is 5.10 Å². The van der Waals surface area contributed by atoms with E-state index >= 15 is 0 Å². The largest absolute Gasteiger partial charge is 0.377 e. The minimum atomic E-state index is -1.34. The second kappa shape index (κ2) is 7.79. The monoisotopic (exact) mass is 428 g/mol. The molecule has 1 aliphatic rings. The number of aromatic nitrogens is 2. The molecular formula is C26H25FN4O. The fraction of sp³-hybridized carbons (Fsp3) is 0.231. The summed E-state index contributed by atoms with van der Waals surface area (Å²) in [4.78, 5) is 12.1. The molecule has 2 aromatic heterocycles. The first-order valence-corrected chi connectivity index (χ1v) is 10.8. The zero-order chi connectivity index (χ0) is 22.3. The van der Waals surface area contributed by atoms with E-state index in [9.17, 15) is 9.18 Å². The molecule has 2 aromatic carbocycles. The number of nitrogens with zero attached hydrogens (tertiary/aromatic N) is 2. The van der Waals surface area contributed by atoms with Crippen molar-refractivity contribution in [1.82, 2.24) is 9.61 Å². The van der Waals surface area contributed by atoms with Crippen LogP contribution in [0.5, 0.6) is 0 Å². The van der Waals surface area contributed by atoms with Gasteiger partial charge in [-0.15, -0.1) is 0 Å². The lowest BCUT2D eigenvalue weighted by molar-refractivity contribution is 0.1000. The van der Waals surface area contributed by atoms with E-state index in [1.807, 2.05) is 30.5 Å². The molecule has 3 N–H and O–H groups in total. The first kappa shape index (κ1) is 20.2. The molecule has 6 heteroatoms. The number of nitrogens with one attached hydrogen (secondary N) is 1. The number of anilines is 1. The van der Waals surface area contributed by atoms with Crippen molar-refractivity contribution in [3.05, 3.63) is 78.6 Å². The highest BCUT2D eigenvalue weighted by Gasteiger charge is 2.39. The van der Waals surface area contributed by atoms with Crippen molar-refractivity contribution >= 4 is 17.1 Å². The molecule has 0 spiro atoms. The molecule has 5 rings (SSSR count). The molecule has 5 nitrogen and oxygen atoms in total. The number of alkyl halides is 1. The smallest absolute Gasteiger partial charge is 0.252 e. The summed E-state index contributed by atoms with van der Waals surface area (Å²) in [6, 6.07) is 20.1. The number of hydrogen-bond acceptors (Lipinski definition) is 3. The Bertz CT molecular complexity index is 1280. The van der Waals surface area contributed by atoms with Crippen LogP contribution in [-0.4, -0.2) is 27.2 Å². The van der Waals surface area contributed by atoms with E-state index in [0.717, 1.165) is 28.7 Å². The van der Waals surface area contributed by atoms with E-state index in [4.69, 9.17) is 5.73 Å². The number of fused-ring (bicyclic) bond motifs is 1. The molecule has 0 unspecified atom stereocenters. The van der Waals surface area contributed by atoms with Gasteiger partial charge in [-0.05, 0) is 48.9 Å². The average Bonchev–Trinajstić information content (AvgIpc) is 3.37. The SMILES string of the molecule is C[C@]1(F)CCC[C@H]1Nc1c(C(N)=O)cnn2cc(-c3ccc(-c4ccccc4)cc3)cc12. The second-order valence-electron chi connectivity index (χ2n) is 8.67. The van der Waals surface area contributed by atoms with Crippen molar-refractivity contribution < 1.29 is 9.18 Å². The predicted octanol–water partition coefficient (Wildman–Crippen LogP) is 5.46. The van der Waals surface area contributed by atoms with Crippen molar-refractivity contribution in [2.24, 2.45) is 5.73 Å². The van der Waals surface area contributed by atoms with Crippen LogP contribution in [0.3, 0.4) is 0 Å². The van der Waals surface area contributed by atoms with Crippen LogP contribution >= 0.6 is 0 Å². The molecule has 32 heavy (non-hydrogen) atoms. The summed E-state index contributed by atoms with van der Waals surface area (Å²) in [5.74, 6) is -0.587. The summed E-state index contributed by atoms with van der Waals surface area (Å²) in [5.41, 5.74) is 10.1. The van der Waals surface area contributed by atoms with Gasteiger partial charge >= 0.3 is 0 Å². The minimum Gasteiger partial charge on any atom is -0.377 e. The van der Waals surface area contributed by atoms with Crippen molar-refractivity contribution in [3.8, 4) is 22.3 Å². The molecule has 1 saturated carbocycles. The molecular weight excluding hydrogens is 403 g/mol. The summed E-state index contributed by atoms with van der Waals surface area (Å²) in [7, 11) is 0. The molecule has 1 aliphatic carbocycles. The van der Waals surface area contributed by atoms with Gasteiger partial charge in [-0.1, -0.05) is 54.6 Å². The van der Waals surface area contributed by atoms with Crippen molar-refractivity contribution in [2.45, 2.75) is 37.9 Å². The van der Waals surface area contributed by atoms with Gasteiger partial charge in [0.25, 0.3) is 5.91 Å². The lowest BCUT2D eigenvalue weighted by Crippen LogP contribution is -2.36. The first-order valence-electron chi connectivity index (χ1n) is 10.8. The summed E-state index contributed by atoms with van der Waals surface area (Å²) in [5, 5.41) is 7.65. The van der Waals surface area contributed by atoms with Gasteiger partial charge in [-0.25, -0.2) is 8.91 Å². The molecule has 1 amide bonds. The number of halogens is 1. The minimum absolute atomic E-state index is 0.268. The van der Waals surface area contributed by atoms with Crippen LogP contribution in [0.2, 0.25) is 0 Å². The van der Waals surface area contributed by atoms with Crippen LogP contribution in [0, 0.1) is 0 Å². The Labute approximate surface area is 186 Å². The zero-order valence-corrected chi connectivity index (χ0v) is 17.9. The molecule has 0 radical (unpaired) electrons. The van der Waals surface area contributed by atoms with Crippen LogP contribution in [0.4, 0.5) is 10.1 Å². The number of rotatable bonds is 5. The third-order valence-electron chi connectivity index (χ3n) is 6.43. The lowest BCUT2D eigenvalue weighted by Gasteiger charge is -2.26. The van der Waals surface area contributed by atoms with Gasteiger partial charge in [-0.3, -0.25) is 4.79 Å². The quantitative estimate of drug-likeness (QED) is 0.443. The third kappa shape index (κ3) is 3.62. The van der Waals surface area contributed by atoms with E-state index in [0.29, 0.717) is 24.0 Å². The van der Waals surface area contributed by atoms with Crippen LogP contribution in [-0.2, 0) is 0 Å². The normalized spacial score (nSPS) is 20.5. The molecule has 1 fully saturated rings. The van der Waals surface area contributed by atoms with Gasteiger partial charge in [0.1, 0.15) is 5.67 Å². The van der Waals surface area contributed by atoms with Gasteiger partial charge < -0.3 is 11.1 Å². The molecule has 162 valence electrons. The van der Waals surface area contributed by atoms with Crippen LogP contribution in [0.1, 0.15) is 36.5 Å². The highest BCUT2D eigenvalue weighted by molar-refractivity contribution is 6.02. The zero-order valence-electron chi connectivity index (χ0n) is 17.9. The summed E-state index contributed by atoms with van der Waals surface area (Å²) in [6.45, 7) is 1.61. The topological polar surface area (TPSA) is 72.4 Å². The molecule has 0 saturated heterocycles. The molecule has 0 aliphatic heterocycles. The Balaban J connectivity index is 1.54. The van der Waals surface area contributed by atoms with Crippen LogP contribution in [0.15, 0.2) is 73.1 Å². The molecule has 4 aromatic rings. The van der Waals surface area contributed by atoms with Crippen molar-refractivity contribution in [3.63, 3.8) is 0 Å². The Hall–Kier alpha value is -3.67. The van der Waals surface area contributed by atoms with E-state index < -0.39 is 11.6 Å². The van der Waals surface area contributed by atoms with E-state index in [1.165, 1.54) is 6.20 Å². The van der Waals surface area contributed by atoms with Gasteiger partial charge in [0.05, 0.1) is 29.0 Å². The Kier molecular flexibility index (Phi) is 4.93. The maximum atomic E-state index is 14.9. The van der Waals surface area contributed by atoms with E-state index in [-0.39, 0.29) is 11.6 Å². The molecule has 2 heterocycles. The standard InChI is InChI=1S/C26H25FN4O/c1-26(27)13-5-8-23(26)30-24-21(25(28)32)15-29-31-16-20(14-22(24)31)19-11-9-18(10-12-19)17-6-3-2-4-7-17/h2-4,6-7,9-12,14-16,23,30H,5,8,13H2,1H3,(H2,28,32)/t23-,26+/m1/s1. The lowest BCUT2D eigenvalue weighted by atomic mass is 10.0. The summed E-state index contributed by atoms with van der Waals surface area (Å²) >= 11 is 0. The number of benzene rings is 2. The van der Waals surface area contributed by atoms with E-state index in [2.05, 4.69) is 46.8 Å². The number of amides is 1. The number of carbonyl (C=O) groups is 1. The Morgan fingerprint density at radius 3 is 2.38 bits per heavy atom. The highest BCUT2D eigenvalue weighted by atomic mass is 19.1. The maximum absolute atomic E-state index is 14.9. The van der Waals surface area contributed by atoms with Crippen LogP contribution in [0.25, 0.3) is 27.8 Å². The second-order valence-corrected chi connectivity index (χ2v) is 8.67.